The number of para-hydroxylation sites is 1. The van der Waals surface area contributed by atoms with Crippen LogP contribution in [0.2, 0.25) is 0 Å². The lowest BCUT2D eigenvalue weighted by Crippen LogP contribution is -2.25. The first kappa shape index (κ1) is 7.44. The number of benzene rings is 1. The van der Waals surface area contributed by atoms with Gasteiger partial charge in [-0.05, 0) is 25.0 Å². The van der Waals surface area contributed by atoms with E-state index in [0.29, 0.717) is 6.04 Å². The number of hydrogen-bond acceptors (Lipinski definition) is 3. The van der Waals surface area contributed by atoms with Crippen LogP contribution >= 0.6 is 11.9 Å². The summed E-state index contributed by atoms with van der Waals surface area (Å²) in [4.78, 5) is 3.57. The van der Waals surface area contributed by atoms with E-state index in [9.17, 15) is 0 Å². The Labute approximate surface area is 81.8 Å². The Bertz CT molecular complexity index is 358. The summed E-state index contributed by atoms with van der Waals surface area (Å²) in [7, 11) is 0. The van der Waals surface area contributed by atoms with Gasteiger partial charge in [0.15, 0.2) is 0 Å². The predicted molar refractivity (Wildman–Crippen MR) is 56.3 cm³/mol. The fourth-order valence-corrected chi connectivity index (χ4v) is 2.25. The van der Waals surface area contributed by atoms with Crippen molar-refractivity contribution in [2.75, 3.05) is 4.90 Å². The highest BCUT2D eigenvalue weighted by atomic mass is 32.2. The molecule has 0 saturated heterocycles. The Hall–Kier alpha value is -0.960. The second kappa shape index (κ2) is 2.77. The molecular formula is C10H10N2S. The fraction of sp³-hybridized carbons (Fsp3) is 0.300. The van der Waals surface area contributed by atoms with Crippen molar-refractivity contribution in [1.29, 1.82) is 0 Å². The summed E-state index contributed by atoms with van der Waals surface area (Å²) in [6.45, 7) is 0. The summed E-state index contributed by atoms with van der Waals surface area (Å²) in [6, 6.07) is 9.18. The quantitative estimate of drug-likeness (QED) is 0.633. The molecular weight excluding hydrogens is 180 g/mol. The van der Waals surface area contributed by atoms with Crippen molar-refractivity contribution in [1.82, 2.24) is 0 Å². The molecule has 3 heteroatoms. The zero-order valence-corrected chi connectivity index (χ0v) is 8.00. The molecule has 0 radical (unpaired) electrons. The molecule has 0 bridgehead atoms. The Morgan fingerprint density at radius 1 is 1.31 bits per heavy atom. The zero-order chi connectivity index (χ0) is 8.67. The van der Waals surface area contributed by atoms with Crippen molar-refractivity contribution in [3.8, 4) is 0 Å². The first-order valence-corrected chi connectivity index (χ1v) is 5.30. The summed E-state index contributed by atoms with van der Waals surface area (Å²) >= 11 is 1.57. The molecule has 13 heavy (non-hydrogen) atoms. The average Bonchev–Trinajstić information content (AvgIpc) is 3.00. The van der Waals surface area contributed by atoms with Crippen LogP contribution in [-0.4, -0.2) is 12.4 Å². The minimum atomic E-state index is 0.714. The van der Waals surface area contributed by atoms with Crippen molar-refractivity contribution in [2.45, 2.75) is 23.8 Å². The standard InChI is InChI=1S/C10H10N2S/c1-2-4-10-9(3-1)12(7-11-13-10)8-5-6-8/h1-4,7-8H,5-6H2. The molecule has 0 N–H and O–H groups in total. The monoisotopic (exact) mass is 190 g/mol. The molecule has 1 aliphatic carbocycles. The van der Waals surface area contributed by atoms with Crippen LogP contribution in [0.5, 0.6) is 0 Å². The molecule has 1 aromatic carbocycles. The number of nitrogens with zero attached hydrogens (tertiary/aromatic N) is 2. The molecule has 2 aliphatic rings. The van der Waals surface area contributed by atoms with Gasteiger partial charge in [-0.15, -0.1) is 0 Å². The normalized spacial score (nSPS) is 20.2. The van der Waals surface area contributed by atoms with Gasteiger partial charge in [-0.3, -0.25) is 0 Å². The maximum atomic E-state index is 4.28. The van der Waals surface area contributed by atoms with Crippen LogP contribution in [0.25, 0.3) is 0 Å². The fourth-order valence-electron chi connectivity index (χ4n) is 1.58. The summed E-state index contributed by atoms with van der Waals surface area (Å²) < 4.78 is 4.28. The molecule has 0 aromatic heterocycles. The Balaban J connectivity index is 2.04. The minimum absolute atomic E-state index is 0.714. The first-order valence-electron chi connectivity index (χ1n) is 4.53. The molecule has 0 amide bonds. The maximum Gasteiger partial charge on any atom is 0.104 e. The van der Waals surface area contributed by atoms with Crippen molar-refractivity contribution < 1.29 is 0 Å². The van der Waals surface area contributed by atoms with E-state index in [0.717, 1.165) is 0 Å². The van der Waals surface area contributed by atoms with Crippen LogP contribution in [0, 0.1) is 0 Å². The number of rotatable bonds is 1. The van der Waals surface area contributed by atoms with Crippen molar-refractivity contribution in [3.63, 3.8) is 0 Å². The Morgan fingerprint density at radius 2 is 2.15 bits per heavy atom. The van der Waals surface area contributed by atoms with Gasteiger partial charge in [0.25, 0.3) is 0 Å². The third kappa shape index (κ3) is 1.23. The van der Waals surface area contributed by atoms with Crippen LogP contribution in [0.15, 0.2) is 33.6 Å². The highest BCUT2D eigenvalue weighted by Crippen LogP contribution is 2.39. The van der Waals surface area contributed by atoms with Gasteiger partial charge in [0.1, 0.15) is 6.34 Å². The van der Waals surface area contributed by atoms with Crippen LogP contribution < -0.4 is 4.90 Å². The molecule has 2 nitrogen and oxygen atoms in total. The van der Waals surface area contributed by atoms with Gasteiger partial charge in [-0.2, -0.15) is 0 Å². The molecule has 1 aliphatic heterocycles. The highest BCUT2D eigenvalue weighted by molar-refractivity contribution is 7.98. The first-order chi connectivity index (χ1) is 6.45. The van der Waals surface area contributed by atoms with E-state index in [1.807, 2.05) is 6.34 Å². The van der Waals surface area contributed by atoms with E-state index in [1.54, 1.807) is 11.9 Å². The SMILES string of the molecule is C1=NSc2ccccc2N1C1CC1. The van der Waals surface area contributed by atoms with Gasteiger partial charge >= 0.3 is 0 Å². The zero-order valence-electron chi connectivity index (χ0n) is 7.18. The summed E-state index contributed by atoms with van der Waals surface area (Å²) in [5.74, 6) is 0. The van der Waals surface area contributed by atoms with Crippen LogP contribution in [0.3, 0.4) is 0 Å². The van der Waals surface area contributed by atoms with E-state index >= 15 is 0 Å². The maximum absolute atomic E-state index is 4.28. The summed E-state index contributed by atoms with van der Waals surface area (Å²) in [6.07, 6.45) is 4.58. The molecule has 66 valence electrons. The van der Waals surface area contributed by atoms with Crippen LogP contribution in [0.4, 0.5) is 5.69 Å². The molecule has 1 aromatic rings. The van der Waals surface area contributed by atoms with Crippen molar-refractivity contribution >= 4 is 24.0 Å². The molecule has 1 saturated carbocycles. The van der Waals surface area contributed by atoms with Crippen LogP contribution in [-0.2, 0) is 0 Å². The number of hydrogen-bond donors (Lipinski definition) is 0. The third-order valence-corrected chi connectivity index (χ3v) is 3.15. The van der Waals surface area contributed by atoms with E-state index in [-0.39, 0.29) is 0 Å². The van der Waals surface area contributed by atoms with Gasteiger partial charge in [0, 0.05) is 18.0 Å². The largest absolute Gasteiger partial charge is 0.328 e. The highest BCUT2D eigenvalue weighted by Gasteiger charge is 2.30. The minimum Gasteiger partial charge on any atom is -0.328 e. The lowest BCUT2D eigenvalue weighted by atomic mass is 10.3. The Morgan fingerprint density at radius 3 is 3.00 bits per heavy atom. The van der Waals surface area contributed by atoms with Crippen molar-refractivity contribution in [2.24, 2.45) is 4.40 Å². The van der Waals surface area contributed by atoms with E-state index in [4.69, 9.17) is 0 Å². The third-order valence-electron chi connectivity index (χ3n) is 2.41. The summed E-state index contributed by atoms with van der Waals surface area (Å²) in [5.41, 5.74) is 1.32. The molecule has 0 spiro atoms. The second-order valence-electron chi connectivity index (χ2n) is 3.42. The molecule has 3 rings (SSSR count). The number of fused-ring (bicyclic) bond motifs is 1. The lowest BCUT2D eigenvalue weighted by molar-refractivity contribution is 0.997. The van der Waals surface area contributed by atoms with E-state index < -0.39 is 0 Å². The molecule has 1 heterocycles. The van der Waals surface area contributed by atoms with Gasteiger partial charge in [-0.25, -0.2) is 4.40 Å². The second-order valence-corrected chi connectivity index (χ2v) is 4.25. The average molecular weight is 190 g/mol. The molecule has 0 unspecified atom stereocenters. The van der Waals surface area contributed by atoms with Gasteiger partial charge < -0.3 is 4.90 Å². The lowest BCUT2D eigenvalue weighted by Gasteiger charge is -2.24. The van der Waals surface area contributed by atoms with E-state index in [1.165, 1.54) is 23.4 Å². The predicted octanol–water partition coefficient (Wildman–Crippen LogP) is 2.70. The van der Waals surface area contributed by atoms with Crippen molar-refractivity contribution in [3.05, 3.63) is 24.3 Å². The van der Waals surface area contributed by atoms with Gasteiger partial charge in [-0.1, -0.05) is 12.1 Å². The topological polar surface area (TPSA) is 15.6 Å². The number of anilines is 1. The van der Waals surface area contributed by atoms with E-state index in [2.05, 4.69) is 33.6 Å². The Kier molecular flexibility index (Phi) is 1.59. The molecule has 0 atom stereocenters. The smallest absolute Gasteiger partial charge is 0.104 e. The van der Waals surface area contributed by atoms with Gasteiger partial charge in [0.2, 0.25) is 0 Å². The summed E-state index contributed by atoms with van der Waals surface area (Å²) in [5, 5.41) is 0. The van der Waals surface area contributed by atoms with Crippen LogP contribution in [0.1, 0.15) is 12.8 Å². The molecule has 1 fully saturated rings. The van der Waals surface area contributed by atoms with Gasteiger partial charge in [0.05, 0.1) is 10.6 Å².